The molecule has 1 nitrogen and oxygen atoms in total. The Balaban J connectivity index is 2.24. The molecule has 1 atom stereocenters. The molecule has 0 bridgehead atoms. The maximum Gasteiger partial charge on any atom is 0.124 e. The highest BCUT2D eigenvalue weighted by Gasteiger charge is 2.15. The Labute approximate surface area is 97.3 Å². The average molecular weight is 270 g/mol. The SMILES string of the molecule is NC1CCC(=Cc2ccc(F)cc2Br)C1. The zero-order valence-corrected chi connectivity index (χ0v) is 9.93. The van der Waals surface area contributed by atoms with Gasteiger partial charge in [0.15, 0.2) is 0 Å². The molecule has 2 rings (SSSR count). The number of nitrogens with two attached hydrogens (primary N) is 1. The maximum atomic E-state index is 12.9. The Morgan fingerprint density at radius 1 is 1.47 bits per heavy atom. The van der Waals surface area contributed by atoms with E-state index in [1.165, 1.54) is 17.7 Å². The van der Waals surface area contributed by atoms with Gasteiger partial charge in [-0.25, -0.2) is 4.39 Å². The molecule has 0 spiro atoms. The lowest BCUT2D eigenvalue weighted by Crippen LogP contribution is -2.13. The van der Waals surface area contributed by atoms with Gasteiger partial charge >= 0.3 is 0 Å². The zero-order valence-electron chi connectivity index (χ0n) is 8.34. The van der Waals surface area contributed by atoms with Crippen LogP contribution in [0.4, 0.5) is 4.39 Å². The van der Waals surface area contributed by atoms with Gasteiger partial charge in [0.05, 0.1) is 0 Å². The minimum atomic E-state index is -0.216. The second-order valence-electron chi connectivity index (χ2n) is 3.97. The summed E-state index contributed by atoms with van der Waals surface area (Å²) in [5, 5.41) is 0. The van der Waals surface area contributed by atoms with Crippen molar-refractivity contribution in [1.29, 1.82) is 0 Å². The second kappa shape index (κ2) is 4.45. The molecule has 3 heteroatoms. The Hall–Kier alpha value is -0.670. The minimum Gasteiger partial charge on any atom is -0.327 e. The molecule has 1 fully saturated rings. The summed E-state index contributed by atoms with van der Waals surface area (Å²) in [6.07, 6.45) is 5.19. The van der Waals surface area contributed by atoms with Gasteiger partial charge in [0.25, 0.3) is 0 Å². The van der Waals surface area contributed by atoms with Crippen LogP contribution < -0.4 is 5.73 Å². The highest BCUT2D eigenvalue weighted by Crippen LogP contribution is 2.28. The van der Waals surface area contributed by atoms with Crippen molar-refractivity contribution in [3.63, 3.8) is 0 Å². The van der Waals surface area contributed by atoms with Crippen LogP contribution in [0.15, 0.2) is 28.2 Å². The van der Waals surface area contributed by atoms with Gasteiger partial charge in [-0.1, -0.05) is 33.6 Å². The summed E-state index contributed by atoms with van der Waals surface area (Å²) in [5.41, 5.74) is 8.21. The molecule has 1 aliphatic rings. The van der Waals surface area contributed by atoms with Crippen molar-refractivity contribution in [2.45, 2.75) is 25.3 Å². The van der Waals surface area contributed by atoms with E-state index in [4.69, 9.17) is 5.73 Å². The van der Waals surface area contributed by atoms with E-state index in [2.05, 4.69) is 22.0 Å². The lowest BCUT2D eigenvalue weighted by molar-refractivity contribution is 0.627. The molecule has 0 aromatic heterocycles. The van der Waals surface area contributed by atoms with Crippen molar-refractivity contribution >= 4 is 22.0 Å². The van der Waals surface area contributed by atoms with Gasteiger partial charge in [-0.3, -0.25) is 0 Å². The maximum absolute atomic E-state index is 12.9. The quantitative estimate of drug-likeness (QED) is 0.830. The van der Waals surface area contributed by atoms with Crippen LogP contribution in [0.25, 0.3) is 6.08 Å². The largest absolute Gasteiger partial charge is 0.327 e. The summed E-state index contributed by atoms with van der Waals surface area (Å²) in [4.78, 5) is 0. The van der Waals surface area contributed by atoms with E-state index >= 15 is 0 Å². The highest BCUT2D eigenvalue weighted by molar-refractivity contribution is 9.10. The van der Waals surface area contributed by atoms with Crippen LogP contribution in [0.3, 0.4) is 0 Å². The van der Waals surface area contributed by atoms with Gasteiger partial charge in [0, 0.05) is 10.5 Å². The third-order valence-electron chi connectivity index (χ3n) is 2.68. The molecule has 1 aromatic carbocycles. The molecule has 2 N–H and O–H groups in total. The van der Waals surface area contributed by atoms with Crippen molar-refractivity contribution in [3.8, 4) is 0 Å². The number of hydrogen-bond acceptors (Lipinski definition) is 1. The lowest BCUT2D eigenvalue weighted by atomic mass is 10.1. The Kier molecular flexibility index (Phi) is 3.22. The van der Waals surface area contributed by atoms with Crippen LogP contribution in [0.5, 0.6) is 0 Å². The Morgan fingerprint density at radius 3 is 2.87 bits per heavy atom. The molecule has 1 saturated carbocycles. The molecule has 0 radical (unpaired) electrons. The summed E-state index contributed by atoms with van der Waals surface area (Å²) < 4.78 is 13.7. The van der Waals surface area contributed by atoms with E-state index in [9.17, 15) is 4.39 Å². The molecule has 0 amide bonds. The van der Waals surface area contributed by atoms with Crippen molar-refractivity contribution < 1.29 is 4.39 Å². The van der Waals surface area contributed by atoms with Crippen LogP contribution >= 0.6 is 15.9 Å². The molecule has 80 valence electrons. The summed E-state index contributed by atoms with van der Waals surface area (Å²) >= 11 is 3.35. The minimum absolute atomic E-state index is 0.216. The smallest absolute Gasteiger partial charge is 0.124 e. The van der Waals surface area contributed by atoms with E-state index in [1.54, 1.807) is 6.07 Å². The Bertz CT molecular complexity index is 401. The van der Waals surface area contributed by atoms with Gasteiger partial charge in [0.2, 0.25) is 0 Å². The van der Waals surface area contributed by atoms with Gasteiger partial charge in [-0.2, -0.15) is 0 Å². The fourth-order valence-corrected chi connectivity index (χ4v) is 2.35. The van der Waals surface area contributed by atoms with Gasteiger partial charge in [0.1, 0.15) is 5.82 Å². The molecular formula is C12H13BrFN. The number of halogens is 2. The van der Waals surface area contributed by atoms with Crippen LogP contribution in [0.1, 0.15) is 24.8 Å². The fourth-order valence-electron chi connectivity index (χ4n) is 1.88. The predicted molar refractivity (Wildman–Crippen MR) is 63.9 cm³/mol. The van der Waals surface area contributed by atoms with E-state index < -0.39 is 0 Å². The second-order valence-corrected chi connectivity index (χ2v) is 4.83. The van der Waals surface area contributed by atoms with Crippen molar-refractivity contribution in [2.24, 2.45) is 5.73 Å². The first kappa shape index (κ1) is 10.8. The molecule has 15 heavy (non-hydrogen) atoms. The predicted octanol–water partition coefficient (Wildman–Crippen LogP) is 3.48. The zero-order chi connectivity index (χ0) is 10.8. The first-order chi connectivity index (χ1) is 7.15. The highest BCUT2D eigenvalue weighted by atomic mass is 79.9. The number of benzene rings is 1. The van der Waals surface area contributed by atoms with E-state index in [0.717, 1.165) is 29.3 Å². The fraction of sp³-hybridized carbons (Fsp3) is 0.333. The van der Waals surface area contributed by atoms with Gasteiger partial charge in [-0.05, 0) is 37.0 Å². The average Bonchev–Trinajstić information content (AvgIpc) is 2.56. The first-order valence-electron chi connectivity index (χ1n) is 5.05. The molecule has 1 unspecified atom stereocenters. The number of hydrogen-bond donors (Lipinski definition) is 1. The Morgan fingerprint density at radius 2 is 2.27 bits per heavy atom. The van der Waals surface area contributed by atoms with Gasteiger partial charge in [-0.15, -0.1) is 0 Å². The van der Waals surface area contributed by atoms with Crippen molar-refractivity contribution in [1.82, 2.24) is 0 Å². The van der Waals surface area contributed by atoms with Crippen LogP contribution in [0, 0.1) is 5.82 Å². The normalized spacial score (nSPS) is 23.7. The molecular weight excluding hydrogens is 257 g/mol. The van der Waals surface area contributed by atoms with Gasteiger partial charge < -0.3 is 5.73 Å². The van der Waals surface area contributed by atoms with Crippen LogP contribution in [-0.2, 0) is 0 Å². The summed E-state index contributed by atoms with van der Waals surface area (Å²) in [5.74, 6) is -0.216. The lowest BCUT2D eigenvalue weighted by Gasteiger charge is -2.01. The van der Waals surface area contributed by atoms with E-state index in [-0.39, 0.29) is 5.82 Å². The molecule has 0 saturated heterocycles. The molecule has 0 aliphatic heterocycles. The molecule has 1 aliphatic carbocycles. The van der Waals surface area contributed by atoms with E-state index in [0.29, 0.717) is 6.04 Å². The van der Waals surface area contributed by atoms with E-state index in [1.807, 2.05) is 0 Å². The third-order valence-corrected chi connectivity index (χ3v) is 3.37. The molecule has 1 aromatic rings. The van der Waals surface area contributed by atoms with Crippen LogP contribution in [-0.4, -0.2) is 6.04 Å². The number of rotatable bonds is 1. The van der Waals surface area contributed by atoms with Crippen LogP contribution in [0.2, 0.25) is 0 Å². The summed E-state index contributed by atoms with van der Waals surface area (Å²) in [7, 11) is 0. The molecule has 0 heterocycles. The standard InChI is InChI=1S/C12H13BrFN/c13-12-7-10(14)3-2-9(12)5-8-1-4-11(15)6-8/h2-3,5,7,11H,1,4,6,15H2. The summed E-state index contributed by atoms with van der Waals surface area (Å²) in [6, 6.07) is 5.05. The topological polar surface area (TPSA) is 26.0 Å². The monoisotopic (exact) mass is 269 g/mol. The van der Waals surface area contributed by atoms with Crippen molar-refractivity contribution in [3.05, 3.63) is 39.6 Å². The first-order valence-corrected chi connectivity index (χ1v) is 5.84. The van der Waals surface area contributed by atoms with Crippen molar-refractivity contribution in [2.75, 3.05) is 0 Å². The third kappa shape index (κ3) is 2.67. The summed E-state index contributed by atoms with van der Waals surface area (Å²) in [6.45, 7) is 0.